The Hall–Kier alpha value is -0.0662. The van der Waals surface area contributed by atoms with Gasteiger partial charge in [0.2, 0.25) is 8.32 Å². The Kier molecular flexibility index (Phi) is 6.34. The summed E-state index contributed by atoms with van der Waals surface area (Å²) < 4.78 is 12.3. The normalized spacial score (nSPS) is 16.6. The predicted octanol–water partition coefficient (Wildman–Crippen LogP) is 5.93. The molecule has 20 heavy (non-hydrogen) atoms. The summed E-state index contributed by atoms with van der Waals surface area (Å²) in [7, 11) is -3.39. The second-order valence-electron chi connectivity index (χ2n) is 8.79. The van der Waals surface area contributed by atoms with E-state index in [9.17, 15) is 0 Å². The zero-order valence-electron chi connectivity index (χ0n) is 15.5. The van der Waals surface area contributed by atoms with Crippen LogP contribution in [0.5, 0.6) is 0 Å². The summed E-state index contributed by atoms with van der Waals surface area (Å²) in [5, 5.41) is 0.482. The first kappa shape index (κ1) is 19.9. The molecule has 0 aromatic rings. The quantitative estimate of drug-likeness (QED) is 0.462. The SMILES string of the molecule is CC(C=CO[Si](C)(C)C(C)(C)C)O[Si](C)(C)C(C)(C)C. The summed E-state index contributed by atoms with van der Waals surface area (Å²) in [4.78, 5) is 0. The highest BCUT2D eigenvalue weighted by molar-refractivity contribution is 6.74. The van der Waals surface area contributed by atoms with Gasteiger partial charge in [-0.2, -0.15) is 0 Å². The van der Waals surface area contributed by atoms with E-state index in [0.717, 1.165) is 0 Å². The third kappa shape index (κ3) is 5.74. The maximum absolute atomic E-state index is 6.29. The molecule has 0 bridgehead atoms. The van der Waals surface area contributed by atoms with Crippen LogP contribution in [0.25, 0.3) is 0 Å². The Balaban J connectivity index is 4.57. The summed E-state index contributed by atoms with van der Waals surface area (Å²) in [6.45, 7) is 24.7. The van der Waals surface area contributed by atoms with Crippen LogP contribution in [0.3, 0.4) is 0 Å². The van der Waals surface area contributed by atoms with Crippen LogP contribution in [0.4, 0.5) is 0 Å². The van der Waals surface area contributed by atoms with Gasteiger partial charge in [0.25, 0.3) is 0 Å². The molecule has 1 atom stereocenters. The average Bonchev–Trinajstić information content (AvgIpc) is 2.12. The van der Waals surface area contributed by atoms with Crippen molar-refractivity contribution < 1.29 is 8.85 Å². The molecule has 0 aliphatic carbocycles. The molecule has 4 heteroatoms. The molecule has 0 aliphatic heterocycles. The van der Waals surface area contributed by atoms with Gasteiger partial charge in [0.05, 0.1) is 12.4 Å². The molecule has 120 valence electrons. The van der Waals surface area contributed by atoms with Crippen molar-refractivity contribution in [3.8, 4) is 0 Å². The van der Waals surface area contributed by atoms with Crippen molar-refractivity contribution in [2.45, 2.75) is 90.8 Å². The fourth-order valence-corrected chi connectivity index (χ4v) is 3.31. The van der Waals surface area contributed by atoms with Crippen LogP contribution in [-0.2, 0) is 8.85 Å². The predicted molar refractivity (Wildman–Crippen MR) is 95.2 cm³/mol. The highest BCUT2D eigenvalue weighted by Crippen LogP contribution is 2.38. The summed E-state index contributed by atoms with van der Waals surface area (Å²) in [5.41, 5.74) is 0. The van der Waals surface area contributed by atoms with Crippen LogP contribution >= 0.6 is 0 Å². The van der Waals surface area contributed by atoms with Gasteiger partial charge >= 0.3 is 0 Å². The Labute approximate surface area is 129 Å². The van der Waals surface area contributed by atoms with Gasteiger partial charge in [0.1, 0.15) is 0 Å². The van der Waals surface area contributed by atoms with Crippen LogP contribution in [-0.4, -0.2) is 22.7 Å². The third-order valence-electron chi connectivity index (χ3n) is 4.81. The van der Waals surface area contributed by atoms with Crippen LogP contribution < -0.4 is 0 Å². The van der Waals surface area contributed by atoms with Crippen molar-refractivity contribution >= 4 is 16.6 Å². The first-order valence-electron chi connectivity index (χ1n) is 7.62. The largest absolute Gasteiger partial charge is 0.549 e. The molecule has 0 heterocycles. The first-order chi connectivity index (χ1) is 8.60. The van der Waals surface area contributed by atoms with Crippen molar-refractivity contribution in [1.82, 2.24) is 0 Å². The van der Waals surface area contributed by atoms with Crippen LogP contribution in [0.1, 0.15) is 48.5 Å². The lowest BCUT2D eigenvalue weighted by molar-refractivity contribution is 0.240. The second-order valence-corrected chi connectivity index (χ2v) is 18.3. The van der Waals surface area contributed by atoms with E-state index in [1.54, 1.807) is 0 Å². The maximum Gasteiger partial charge on any atom is 0.249 e. The standard InChI is InChI=1S/C16H36O2Si2/c1-14(18-20(10,11)16(5,6)7)12-13-17-19(8,9)15(2,3)4/h12-14H,1-11H3. The minimum absolute atomic E-state index is 0.112. The van der Waals surface area contributed by atoms with Crippen LogP contribution in [0.2, 0.25) is 36.3 Å². The summed E-state index contributed by atoms with van der Waals surface area (Å²) >= 11 is 0. The Morgan fingerprint density at radius 3 is 1.55 bits per heavy atom. The molecule has 0 radical (unpaired) electrons. The van der Waals surface area contributed by atoms with Gasteiger partial charge in [0.15, 0.2) is 8.32 Å². The Morgan fingerprint density at radius 2 is 1.20 bits per heavy atom. The second kappa shape index (κ2) is 6.36. The molecule has 0 saturated carbocycles. The molecule has 1 unspecified atom stereocenters. The lowest BCUT2D eigenvalue weighted by atomic mass is 10.2. The van der Waals surface area contributed by atoms with E-state index in [1.165, 1.54) is 0 Å². The van der Waals surface area contributed by atoms with E-state index >= 15 is 0 Å². The molecular weight excluding hydrogens is 280 g/mol. The Bertz CT molecular complexity index is 333. The first-order valence-corrected chi connectivity index (χ1v) is 13.4. The van der Waals surface area contributed by atoms with Crippen molar-refractivity contribution in [3.05, 3.63) is 12.3 Å². The molecule has 0 fully saturated rings. The molecule has 0 N–H and O–H groups in total. The summed E-state index contributed by atoms with van der Waals surface area (Å²) in [5.74, 6) is 0. The molecule has 0 spiro atoms. The fraction of sp³-hybridized carbons (Fsp3) is 0.875. The zero-order chi connectivity index (χ0) is 16.4. The van der Waals surface area contributed by atoms with Crippen molar-refractivity contribution in [2.75, 3.05) is 0 Å². The topological polar surface area (TPSA) is 18.5 Å². The van der Waals surface area contributed by atoms with Crippen molar-refractivity contribution in [2.24, 2.45) is 0 Å². The van der Waals surface area contributed by atoms with Gasteiger partial charge in [-0.25, -0.2) is 0 Å². The van der Waals surface area contributed by atoms with E-state index in [4.69, 9.17) is 8.85 Å². The highest BCUT2D eigenvalue weighted by atomic mass is 28.4. The smallest absolute Gasteiger partial charge is 0.249 e. The number of hydrogen-bond acceptors (Lipinski definition) is 2. The molecule has 0 rings (SSSR count). The van der Waals surface area contributed by atoms with Gasteiger partial charge < -0.3 is 8.85 Å². The Morgan fingerprint density at radius 1 is 0.800 bits per heavy atom. The fourth-order valence-electron chi connectivity index (χ4n) is 1.18. The van der Waals surface area contributed by atoms with E-state index in [0.29, 0.717) is 0 Å². The number of rotatable bonds is 5. The average molecular weight is 317 g/mol. The lowest BCUT2D eigenvalue weighted by Gasteiger charge is -2.38. The van der Waals surface area contributed by atoms with E-state index < -0.39 is 16.6 Å². The van der Waals surface area contributed by atoms with E-state index in [-0.39, 0.29) is 16.2 Å². The molecular formula is C16H36O2Si2. The zero-order valence-corrected chi connectivity index (χ0v) is 17.5. The van der Waals surface area contributed by atoms with Gasteiger partial charge in [-0.05, 0) is 49.3 Å². The van der Waals surface area contributed by atoms with E-state index in [1.807, 2.05) is 6.26 Å². The summed E-state index contributed by atoms with van der Waals surface area (Å²) in [6.07, 6.45) is 4.04. The maximum atomic E-state index is 6.29. The van der Waals surface area contributed by atoms with Crippen LogP contribution in [0.15, 0.2) is 12.3 Å². The molecule has 0 saturated heterocycles. The van der Waals surface area contributed by atoms with Gasteiger partial charge in [-0.15, -0.1) is 0 Å². The molecule has 2 nitrogen and oxygen atoms in total. The van der Waals surface area contributed by atoms with Crippen molar-refractivity contribution in [1.29, 1.82) is 0 Å². The van der Waals surface area contributed by atoms with E-state index in [2.05, 4.69) is 80.7 Å². The molecule has 0 amide bonds. The van der Waals surface area contributed by atoms with Crippen molar-refractivity contribution in [3.63, 3.8) is 0 Å². The molecule has 0 aliphatic rings. The van der Waals surface area contributed by atoms with Gasteiger partial charge in [-0.3, -0.25) is 0 Å². The monoisotopic (exact) mass is 316 g/mol. The third-order valence-corrected chi connectivity index (χ3v) is 13.7. The molecule has 0 aromatic heterocycles. The van der Waals surface area contributed by atoms with Crippen LogP contribution in [0, 0.1) is 0 Å². The minimum atomic E-state index is -1.70. The highest BCUT2D eigenvalue weighted by Gasteiger charge is 2.39. The van der Waals surface area contributed by atoms with Gasteiger partial charge in [-0.1, -0.05) is 41.5 Å². The summed E-state index contributed by atoms with van der Waals surface area (Å²) in [6, 6.07) is 0. The van der Waals surface area contributed by atoms with Gasteiger partial charge in [0, 0.05) is 0 Å². The minimum Gasteiger partial charge on any atom is -0.549 e. The lowest BCUT2D eigenvalue weighted by Crippen LogP contribution is -2.43. The number of hydrogen-bond donors (Lipinski definition) is 0. The molecule has 0 aromatic carbocycles.